The average molecular weight is 600 g/mol. The molecule has 2 aliphatic rings. The number of ether oxygens (including phenoxy) is 3. The van der Waals surface area contributed by atoms with Gasteiger partial charge in [0.2, 0.25) is 15.9 Å². The van der Waals surface area contributed by atoms with E-state index in [1.807, 2.05) is 32.0 Å². The van der Waals surface area contributed by atoms with Crippen LogP contribution in [0, 0.1) is 30.9 Å². The molecule has 3 heterocycles. The van der Waals surface area contributed by atoms with Crippen molar-refractivity contribution in [2.45, 2.75) is 44.6 Å². The molecule has 1 amide bonds. The number of amides is 1. The Balaban J connectivity index is 1.60. The summed E-state index contributed by atoms with van der Waals surface area (Å²) < 4.78 is 47.3. The molecule has 0 aliphatic carbocycles. The van der Waals surface area contributed by atoms with Crippen molar-refractivity contribution in [2.24, 2.45) is 0 Å². The van der Waals surface area contributed by atoms with Crippen LogP contribution in [0.25, 0.3) is 5.69 Å². The highest BCUT2D eigenvalue weighted by Crippen LogP contribution is 2.37. The SMILES string of the molecule is Cc1ccc(C)c(-n2nc(C(=O)NC[C@H]3CCCO3)c(C)c2Oc2ccc([N+](=O)[O-])cc2S(=O)(=O)N2CCOCC2)c1. The molecule has 0 bridgehead atoms. The van der Waals surface area contributed by atoms with Gasteiger partial charge in [0.1, 0.15) is 10.6 Å². The molecule has 1 N–H and O–H groups in total. The average Bonchev–Trinajstić information content (AvgIpc) is 3.62. The van der Waals surface area contributed by atoms with E-state index >= 15 is 0 Å². The fourth-order valence-electron chi connectivity index (χ4n) is 4.95. The molecule has 0 unspecified atom stereocenters. The number of nitro benzene ring substituents is 1. The van der Waals surface area contributed by atoms with Crippen molar-refractivity contribution in [3.05, 3.63) is 68.9 Å². The van der Waals surface area contributed by atoms with Crippen LogP contribution in [0.15, 0.2) is 41.3 Å². The van der Waals surface area contributed by atoms with E-state index in [2.05, 4.69) is 10.4 Å². The van der Waals surface area contributed by atoms with Crippen LogP contribution in [-0.4, -0.2) is 78.9 Å². The number of sulfonamides is 1. The number of nitrogens with one attached hydrogen (secondary N) is 1. The third-order valence-corrected chi connectivity index (χ3v) is 9.24. The van der Waals surface area contributed by atoms with Gasteiger partial charge in [0, 0.05) is 43.9 Å². The van der Waals surface area contributed by atoms with E-state index in [9.17, 15) is 23.3 Å². The van der Waals surface area contributed by atoms with E-state index in [0.717, 1.165) is 30.0 Å². The zero-order valence-corrected chi connectivity index (χ0v) is 24.5. The number of rotatable bonds is 9. The number of carbonyl (C=O) groups is 1. The molecule has 3 aromatic rings. The maximum absolute atomic E-state index is 13.7. The van der Waals surface area contributed by atoms with Gasteiger partial charge in [-0.15, -0.1) is 0 Å². The molecule has 2 aliphatic heterocycles. The first-order valence-electron chi connectivity index (χ1n) is 13.7. The van der Waals surface area contributed by atoms with Crippen LogP contribution in [0.5, 0.6) is 11.6 Å². The van der Waals surface area contributed by atoms with E-state index in [-0.39, 0.29) is 54.6 Å². The van der Waals surface area contributed by atoms with E-state index < -0.39 is 26.5 Å². The van der Waals surface area contributed by atoms with E-state index in [1.54, 1.807) is 6.92 Å². The topological polar surface area (TPSA) is 155 Å². The summed E-state index contributed by atoms with van der Waals surface area (Å²) in [6, 6.07) is 9.14. The molecule has 0 spiro atoms. The molecule has 1 aromatic heterocycles. The molecular formula is C28H33N5O8S. The smallest absolute Gasteiger partial charge is 0.272 e. The number of nitro groups is 1. The second-order valence-corrected chi connectivity index (χ2v) is 12.2. The van der Waals surface area contributed by atoms with Gasteiger partial charge in [-0.05, 0) is 56.9 Å². The Labute approximate surface area is 243 Å². The van der Waals surface area contributed by atoms with Crippen LogP contribution in [-0.2, 0) is 19.5 Å². The van der Waals surface area contributed by atoms with Crippen molar-refractivity contribution in [1.29, 1.82) is 0 Å². The molecule has 2 saturated heterocycles. The Hall–Kier alpha value is -3.85. The highest BCUT2D eigenvalue weighted by Gasteiger charge is 2.33. The molecule has 0 saturated carbocycles. The summed E-state index contributed by atoms with van der Waals surface area (Å²) >= 11 is 0. The normalized spacial score (nSPS) is 17.7. The summed E-state index contributed by atoms with van der Waals surface area (Å²) in [4.78, 5) is 23.9. The number of non-ortho nitro benzene ring substituents is 1. The number of benzene rings is 2. The van der Waals surface area contributed by atoms with Gasteiger partial charge in [-0.3, -0.25) is 14.9 Å². The Bertz CT molecular complexity index is 1610. The maximum atomic E-state index is 13.7. The van der Waals surface area contributed by atoms with E-state index in [0.29, 0.717) is 24.4 Å². The van der Waals surface area contributed by atoms with Gasteiger partial charge in [-0.2, -0.15) is 14.1 Å². The van der Waals surface area contributed by atoms with Gasteiger partial charge in [0.05, 0.1) is 29.9 Å². The third kappa shape index (κ3) is 6.02. The van der Waals surface area contributed by atoms with Gasteiger partial charge in [-0.25, -0.2) is 8.42 Å². The monoisotopic (exact) mass is 599 g/mol. The first kappa shape index (κ1) is 29.6. The highest BCUT2D eigenvalue weighted by atomic mass is 32.2. The molecule has 14 heteroatoms. The highest BCUT2D eigenvalue weighted by molar-refractivity contribution is 7.89. The van der Waals surface area contributed by atoms with Crippen molar-refractivity contribution in [3.63, 3.8) is 0 Å². The molecule has 13 nitrogen and oxygen atoms in total. The van der Waals surface area contributed by atoms with Crippen molar-refractivity contribution in [2.75, 3.05) is 39.5 Å². The summed E-state index contributed by atoms with van der Waals surface area (Å²) in [6.45, 7) is 7.04. The number of hydrogen-bond acceptors (Lipinski definition) is 9. The van der Waals surface area contributed by atoms with Crippen LogP contribution in [0.3, 0.4) is 0 Å². The lowest BCUT2D eigenvalue weighted by Crippen LogP contribution is -2.40. The predicted octanol–water partition coefficient (Wildman–Crippen LogP) is 3.43. The van der Waals surface area contributed by atoms with Crippen molar-refractivity contribution < 1.29 is 32.3 Å². The molecule has 0 radical (unpaired) electrons. The van der Waals surface area contributed by atoms with Crippen LogP contribution < -0.4 is 10.1 Å². The maximum Gasteiger partial charge on any atom is 0.272 e. The third-order valence-electron chi connectivity index (χ3n) is 7.32. The Morgan fingerprint density at radius 2 is 1.90 bits per heavy atom. The largest absolute Gasteiger partial charge is 0.437 e. The minimum absolute atomic E-state index is 0.0702. The minimum Gasteiger partial charge on any atom is -0.437 e. The summed E-state index contributed by atoms with van der Waals surface area (Å²) in [5, 5.41) is 19.1. The standard InChI is InChI=1S/C28H33N5O8S/c1-18-6-7-19(2)23(15-18)32-28(20(3)26(30-32)27(34)29-17-22-5-4-12-40-22)41-24-9-8-21(33(35)36)16-25(24)42(37,38)31-10-13-39-14-11-31/h6-9,15-16,22H,4-5,10-14,17H2,1-3H3,(H,29,34)/t22-/m1/s1. The summed E-state index contributed by atoms with van der Waals surface area (Å²) in [7, 11) is -4.20. The molecule has 2 aromatic carbocycles. The fraction of sp³-hybridized carbons (Fsp3) is 0.429. The molecule has 1 atom stereocenters. The number of aromatic nitrogens is 2. The van der Waals surface area contributed by atoms with Crippen molar-refractivity contribution in [3.8, 4) is 17.3 Å². The molecule has 224 valence electrons. The van der Waals surface area contributed by atoms with Crippen LogP contribution in [0.2, 0.25) is 0 Å². The number of hydrogen-bond donors (Lipinski definition) is 1. The second-order valence-electron chi connectivity index (χ2n) is 10.3. The zero-order valence-electron chi connectivity index (χ0n) is 23.7. The van der Waals surface area contributed by atoms with Gasteiger partial charge >= 0.3 is 0 Å². The van der Waals surface area contributed by atoms with Crippen LogP contribution in [0.1, 0.15) is 40.0 Å². The lowest BCUT2D eigenvalue weighted by Gasteiger charge is -2.26. The number of morpholine rings is 1. The van der Waals surface area contributed by atoms with E-state index in [1.165, 1.54) is 21.1 Å². The van der Waals surface area contributed by atoms with Crippen molar-refractivity contribution in [1.82, 2.24) is 19.4 Å². The van der Waals surface area contributed by atoms with Gasteiger partial charge in [0.25, 0.3) is 11.6 Å². The van der Waals surface area contributed by atoms with Gasteiger partial charge < -0.3 is 19.5 Å². The summed E-state index contributed by atoms with van der Waals surface area (Å²) in [6.07, 6.45) is 1.72. The van der Waals surface area contributed by atoms with Crippen LogP contribution in [0.4, 0.5) is 5.69 Å². The number of nitrogens with zero attached hydrogens (tertiary/aromatic N) is 4. The fourth-order valence-corrected chi connectivity index (χ4v) is 6.49. The van der Waals surface area contributed by atoms with Crippen molar-refractivity contribution >= 4 is 21.6 Å². The molecule has 2 fully saturated rings. The van der Waals surface area contributed by atoms with Gasteiger partial charge in [0.15, 0.2) is 5.69 Å². The predicted molar refractivity (Wildman–Crippen MR) is 152 cm³/mol. The molecule has 42 heavy (non-hydrogen) atoms. The summed E-state index contributed by atoms with van der Waals surface area (Å²) in [5.41, 5.74) is 2.47. The first-order valence-corrected chi connectivity index (χ1v) is 15.1. The Kier molecular flexibility index (Phi) is 8.59. The quantitative estimate of drug-likeness (QED) is 0.288. The lowest BCUT2D eigenvalue weighted by atomic mass is 10.1. The Morgan fingerprint density at radius 1 is 1.14 bits per heavy atom. The first-order chi connectivity index (χ1) is 20.1. The second kappa shape index (κ2) is 12.2. The summed E-state index contributed by atoms with van der Waals surface area (Å²) in [5.74, 6) is -0.451. The number of aryl methyl sites for hydroxylation is 2. The Morgan fingerprint density at radius 3 is 2.60 bits per heavy atom. The number of carbonyl (C=O) groups excluding carboxylic acids is 1. The van der Waals surface area contributed by atoms with E-state index in [4.69, 9.17) is 14.2 Å². The molecule has 5 rings (SSSR count). The lowest BCUT2D eigenvalue weighted by molar-refractivity contribution is -0.385. The van der Waals surface area contributed by atoms with Gasteiger partial charge in [-0.1, -0.05) is 12.1 Å². The molecular weight excluding hydrogens is 566 g/mol. The minimum atomic E-state index is -4.20. The van der Waals surface area contributed by atoms with Crippen LogP contribution >= 0.6 is 0 Å². The zero-order chi connectivity index (χ0) is 30.0.